The Morgan fingerprint density at radius 3 is 1.35 bits per heavy atom. The Balaban J connectivity index is 1.16. The predicted octanol–water partition coefficient (Wildman–Crippen LogP) is 5.27. The van der Waals surface area contributed by atoms with Crippen molar-refractivity contribution in [2.24, 2.45) is 0 Å². The summed E-state index contributed by atoms with van der Waals surface area (Å²) in [5.41, 5.74) is 1.60. The number of benzene rings is 5. The molecule has 486 valence electrons. The first kappa shape index (κ1) is 67.3. The van der Waals surface area contributed by atoms with Crippen molar-refractivity contribution in [2.75, 3.05) is 13.2 Å². The largest absolute Gasteiger partial charge is 0.463 e. The van der Waals surface area contributed by atoms with Gasteiger partial charge in [-0.2, -0.15) is 0 Å². The SMILES string of the molecule is CC(=O)OC[C@H]1O[C@@H](O[C@@H]2CO[C@@H](O[C@@H]3[C@@H](OCc4ccccc4)[C@H](O)O[C@H](C)[C@H]3OCc3ccccc3)[C@H](O[C@@H]3O[C@H](C)[C@@H](OC(=O)c4ccccc4)[C@H](OC(=O)c4ccccc4)[C@H]3OC(=O)c3ccccc3)[C@H]2OC(C)=O)[C@H](O)[C@@H](OC(C)=O)[C@H]1OC(C)=O. The van der Waals surface area contributed by atoms with Crippen LogP contribution in [0.4, 0.5) is 0 Å². The van der Waals surface area contributed by atoms with Gasteiger partial charge in [0.15, 0.2) is 67.9 Å². The van der Waals surface area contributed by atoms with Crippen LogP contribution in [0.25, 0.3) is 0 Å². The fourth-order valence-corrected chi connectivity index (χ4v) is 10.8. The molecule has 4 fully saturated rings. The number of hydrogen-bond donors (Lipinski definition) is 2. The van der Waals surface area contributed by atoms with E-state index in [4.69, 9.17) is 75.8 Å². The van der Waals surface area contributed by atoms with Gasteiger partial charge in [-0.25, -0.2) is 14.4 Å². The summed E-state index contributed by atoms with van der Waals surface area (Å²) in [5, 5.41) is 23.9. The van der Waals surface area contributed by atoms with Gasteiger partial charge in [0.05, 0.1) is 48.7 Å². The van der Waals surface area contributed by atoms with Gasteiger partial charge in [-0.15, -0.1) is 0 Å². The van der Waals surface area contributed by atoms with E-state index in [-0.39, 0.29) is 29.9 Å². The van der Waals surface area contributed by atoms with Gasteiger partial charge < -0.3 is 86.0 Å². The van der Waals surface area contributed by atoms with Crippen molar-refractivity contribution in [3.05, 3.63) is 179 Å². The summed E-state index contributed by atoms with van der Waals surface area (Å²) >= 11 is 0. The second-order valence-electron chi connectivity index (χ2n) is 21.8. The van der Waals surface area contributed by atoms with Crippen LogP contribution in [0.15, 0.2) is 152 Å². The van der Waals surface area contributed by atoms with Crippen LogP contribution in [0.5, 0.6) is 0 Å². The lowest BCUT2D eigenvalue weighted by atomic mass is 9.96. The number of esters is 7. The van der Waals surface area contributed by atoms with Gasteiger partial charge in [0, 0.05) is 27.7 Å². The number of ether oxygens (including phenoxy) is 16. The van der Waals surface area contributed by atoms with E-state index in [1.54, 1.807) is 85.8 Å². The highest BCUT2D eigenvalue weighted by Gasteiger charge is 2.59. The van der Waals surface area contributed by atoms with E-state index in [2.05, 4.69) is 0 Å². The monoisotopic (exact) mass is 1260 g/mol. The molecule has 5 aromatic rings. The van der Waals surface area contributed by atoms with Gasteiger partial charge in [-0.1, -0.05) is 115 Å². The van der Waals surface area contributed by atoms with E-state index in [0.717, 1.165) is 33.3 Å². The molecule has 25 nitrogen and oxygen atoms in total. The topological polar surface area (TPSA) is 308 Å². The lowest BCUT2D eigenvalue weighted by Gasteiger charge is -2.50. The molecule has 91 heavy (non-hydrogen) atoms. The zero-order valence-electron chi connectivity index (χ0n) is 50.5. The maximum atomic E-state index is 14.6. The van der Waals surface area contributed by atoms with E-state index in [0.29, 0.717) is 5.56 Å². The third-order valence-corrected chi connectivity index (χ3v) is 15.0. The fourth-order valence-electron chi connectivity index (χ4n) is 10.8. The second-order valence-corrected chi connectivity index (χ2v) is 21.8. The number of carbonyl (C=O) groups excluding carboxylic acids is 7. The highest BCUT2D eigenvalue weighted by atomic mass is 16.8. The summed E-state index contributed by atoms with van der Waals surface area (Å²) in [5.74, 6) is -6.39. The molecular formula is C66H72O25. The van der Waals surface area contributed by atoms with Crippen molar-refractivity contribution in [1.82, 2.24) is 0 Å². The first-order valence-electron chi connectivity index (χ1n) is 29.5. The summed E-state index contributed by atoms with van der Waals surface area (Å²) in [6, 6.07) is 41.6. The molecule has 0 saturated carbocycles. The minimum atomic E-state index is -2.01. The number of aliphatic hydroxyl groups is 2. The summed E-state index contributed by atoms with van der Waals surface area (Å²) in [7, 11) is 0. The lowest BCUT2D eigenvalue weighted by molar-refractivity contribution is -0.390. The quantitative estimate of drug-likeness (QED) is 0.0621. The van der Waals surface area contributed by atoms with Gasteiger partial charge in [0.25, 0.3) is 0 Å². The molecule has 0 amide bonds. The van der Waals surface area contributed by atoms with E-state index in [1.165, 1.54) is 43.3 Å². The minimum absolute atomic E-state index is 0.00576. The van der Waals surface area contributed by atoms with Crippen LogP contribution in [0.1, 0.15) is 83.7 Å². The predicted molar refractivity (Wildman–Crippen MR) is 310 cm³/mol. The first-order chi connectivity index (χ1) is 43.8. The first-order valence-corrected chi connectivity index (χ1v) is 29.5. The number of aliphatic hydroxyl groups excluding tert-OH is 2. The molecule has 4 heterocycles. The summed E-state index contributed by atoms with van der Waals surface area (Å²) in [4.78, 5) is 94.2. The van der Waals surface area contributed by atoms with Crippen LogP contribution in [-0.4, -0.2) is 182 Å². The van der Waals surface area contributed by atoms with Gasteiger partial charge in [0.2, 0.25) is 0 Å². The fraction of sp³-hybridized carbons (Fsp3) is 0.439. The zero-order valence-corrected chi connectivity index (χ0v) is 50.5. The molecular weight excluding hydrogens is 1190 g/mol. The Morgan fingerprint density at radius 2 is 0.846 bits per heavy atom. The molecule has 0 spiro atoms. The third-order valence-electron chi connectivity index (χ3n) is 15.0. The molecule has 25 heteroatoms. The molecule has 0 bridgehead atoms. The zero-order chi connectivity index (χ0) is 64.7. The van der Waals surface area contributed by atoms with Gasteiger partial charge in [0.1, 0.15) is 43.2 Å². The van der Waals surface area contributed by atoms with Crippen molar-refractivity contribution in [1.29, 1.82) is 0 Å². The molecule has 4 aliphatic heterocycles. The van der Waals surface area contributed by atoms with Gasteiger partial charge >= 0.3 is 41.8 Å². The number of hydrogen-bond acceptors (Lipinski definition) is 25. The molecule has 5 aromatic carbocycles. The van der Waals surface area contributed by atoms with Crippen LogP contribution in [0, 0.1) is 0 Å². The number of carbonyl (C=O) groups is 7. The van der Waals surface area contributed by atoms with Crippen molar-refractivity contribution < 1.29 is 120 Å². The van der Waals surface area contributed by atoms with Crippen LogP contribution in [-0.2, 0) is 108 Å². The summed E-state index contributed by atoms with van der Waals surface area (Å²) < 4.78 is 100. The summed E-state index contributed by atoms with van der Waals surface area (Å²) in [6.07, 6.45) is -31.0. The van der Waals surface area contributed by atoms with Crippen molar-refractivity contribution in [3.8, 4) is 0 Å². The number of rotatable bonds is 23. The molecule has 19 atom stereocenters. The van der Waals surface area contributed by atoms with Gasteiger partial charge in [-0.3, -0.25) is 19.2 Å². The summed E-state index contributed by atoms with van der Waals surface area (Å²) in [6.45, 7) is 6.02. The molecule has 4 saturated heterocycles. The highest BCUT2D eigenvalue weighted by molar-refractivity contribution is 5.91. The van der Waals surface area contributed by atoms with Crippen molar-refractivity contribution in [3.63, 3.8) is 0 Å². The van der Waals surface area contributed by atoms with E-state index in [9.17, 15) is 43.8 Å². The maximum Gasteiger partial charge on any atom is 0.338 e. The average molecular weight is 1270 g/mol. The Bertz CT molecular complexity index is 3140. The minimum Gasteiger partial charge on any atom is -0.463 e. The Labute approximate surface area is 523 Å². The molecule has 4 aliphatic rings. The maximum absolute atomic E-state index is 14.6. The Hall–Kier alpha value is -8.05. The average Bonchev–Trinajstić information content (AvgIpc) is 0.903. The van der Waals surface area contributed by atoms with Crippen LogP contribution in [0.2, 0.25) is 0 Å². The Morgan fingerprint density at radius 1 is 0.407 bits per heavy atom. The van der Waals surface area contributed by atoms with E-state index in [1.807, 2.05) is 36.4 Å². The van der Waals surface area contributed by atoms with Crippen molar-refractivity contribution in [2.45, 2.75) is 171 Å². The molecule has 9 rings (SSSR count). The normalized spacial score (nSPS) is 30.5. The van der Waals surface area contributed by atoms with Crippen molar-refractivity contribution >= 4 is 41.8 Å². The Kier molecular flexibility index (Phi) is 23.5. The van der Waals surface area contributed by atoms with Crippen LogP contribution >= 0.6 is 0 Å². The van der Waals surface area contributed by atoms with Gasteiger partial charge in [-0.05, 0) is 61.4 Å². The van der Waals surface area contributed by atoms with E-state index < -0.39 is 172 Å². The highest BCUT2D eigenvalue weighted by Crippen LogP contribution is 2.39. The van der Waals surface area contributed by atoms with Crippen LogP contribution in [0.3, 0.4) is 0 Å². The smallest absolute Gasteiger partial charge is 0.338 e. The third kappa shape index (κ3) is 17.7. The molecule has 0 aromatic heterocycles. The molecule has 0 aliphatic carbocycles. The molecule has 2 N–H and O–H groups in total. The van der Waals surface area contributed by atoms with E-state index >= 15 is 0 Å². The van der Waals surface area contributed by atoms with Crippen LogP contribution < -0.4 is 0 Å². The lowest BCUT2D eigenvalue weighted by Crippen LogP contribution is -2.67. The molecule has 0 radical (unpaired) electrons. The second kappa shape index (κ2) is 31.8. The molecule has 0 unspecified atom stereocenters. The standard InChI is InChI=1S/C66H72O25/c1-36-50(77-32-42-22-12-7-13-23-42)55(57(63(75)80-36)78-33-43-24-14-8-15-25-43)90-65-58(53(83-40(5)69)48(35-79-65)86-64-49(71)54(84-41(6)70)52(82-39(4)68)47(85-64)34-76-38(3)67)91-66-59(89-62(74)46-30-20-11-21-31-46)56(88-61(73)45-28-18-10-19-29-45)51(37(2)81-66)87-60(72)44-26-16-9-17-27-44/h7-31,36-37,47-59,63-66,71,75H,32-35H2,1-6H3/t36-,37-,47-,48-,49-,50-,51-,52+,53+,54-,55+,56+,57-,58-,59-,63-,64+,65+,66+/m1/s1.